The number of nitrogens with one attached hydrogen (secondary N) is 4. The molecule has 11 N–H and O–H groups in total. The van der Waals surface area contributed by atoms with Crippen molar-refractivity contribution in [1.29, 1.82) is 0 Å². The highest BCUT2D eigenvalue weighted by atomic mass is 16.4. The fourth-order valence-electron chi connectivity index (χ4n) is 3.89. The van der Waals surface area contributed by atoms with E-state index in [0.717, 1.165) is 0 Å². The number of imidazole rings is 1. The Labute approximate surface area is 231 Å². The lowest BCUT2D eigenvalue weighted by Gasteiger charge is -2.25. The van der Waals surface area contributed by atoms with Crippen molar-refractivity contribution in [3.05, 3.63) is 54.1 Å². The number of hydrogen-bond donors (Lipinski definition) is 8. The van der Waals surface area contributed by atoms with Crippen LogP contribution in [0.4, 0.5) is 0 Å². The minimum Gasteiger partial charge on any atom is -0.480 e. The largest absolute Gasteiger partial charge is 0.480 e. The Hall–Kier alpha value is -4.30. The molecule has 4 atom stereocenters. The summed E-state index contributed by atoms with van der Waals surface area (Å²) in [5.41, 5.74) is 17.9. The van der Waals surface area contributed by atoms with E-state index in [1.807, 2.05) is 0 Å². The van der Waals surface area contributed by atoms with Gasteiger partial charge in [-0.15, -0.1) is 0 Å². The van der Waals surface area contributed by atoms with Gasteiger partial charge in [0, 0.05) is 31.2 Å². The molecule has 0 bridgehead atoms. The first kappa shape index (κ1) is 31.9. The third-order valence-corrected chi connectivity index (χ3v) is 6.13. The van der Waals surface area contributed by atoms with Crippen LogP contribution < -0.4 is 33.2 Å². The molecule has 4 unspecified atom stereocenters. The summed E-state index contributed by atoms with van der Waals surface area (Å²) in [6.45, 7) is 0.460. The van der Waals surface area contributed by atoms with Crippen molar-refractivity contribution in [3.8, 4) is 0 Å². The van der Waals surface area contributed by atoms with Gasteiger partial charge in [-0.2, -0.15) is 0 Å². The quantitative estimate of drug-likeness (QED) is 0.0985. The van der Waals surface area contributed by atoms with Crippen molar-refractivity contribution >= 4 is 29.6 Å². The van der Waals surface area contributed by atoms with Crippen molar-refractivity contribution in [3.63, 3.8) is 0 Å². The number of carbonyl (C=O) groups excluding carboxylic acids is 4. The van der Waals surface area contributed by atoms with Gasteiger partial charge in [0.1, 0.15) is 18.1 Å². The van der Waals surface area contributed by atoms with Crippen molar-refractivity contribution in [2.24, 2.45) is 17.2 Å². The molecular formula is C26H38N8O6. The van der Waals surface area contributed by atoms with Gasteiger partial charge >= 0.3 is 5.97 Å². The fourth-order valence-corrected chi connectivity index (χ4v) is 3.89. The first-order valence-electron chi connectivity index (χ1n) is 13.0. The maximum absolute atomic E-state index is 13.3. The maximum atomic E-state index is 13.3. The molecule has 0 radical (unpaired) electrons. The number of nitrogens with zero attached hydrogens (tertiary/aromatic N) is 1. The molecule has 0 aliphatic heterocycles. The number of hydrogen-bond acceptors (Lipinski definition) is 8. The highest BCUT2D eigenvalue weighted by molar-refractivity contribution is 5.94. The second-order valence-electron chi connectivity index (χ2n) is 9.39. The predicted octanol–water partition coefficient (Wildman–Crippen LogP) is -1.54. The molecule has 40 heavy (non-hydrogen) atoms. The molecule has 0 saturated carbocycles. The van der Waals surface area contributed by atoms with Crippen LogP contribution in [0.1, 0.15) is 43.4 Å². The Morgan fingerprint density at radius 3 is 2.12 bits per heavy atom. The monoisotopic (exact) mass is 558 g/mol. The van der Waals surface area contributed by atoms with Crippen molar-refractivity contribution < 1.29 is 29.1 Å². The summed E-state index contributed by atoms with van der Waals surface area (Å²) >= 11 is 0. The van der Waals surface area contributed by atoms with Gasteiger partial charge in [-0.3, -0.25) is 19.2 Å². The minimum absolute atomic E-state index is 0.00104. The Morgan fingerprint density at radius 1 is 0.875 bits per heavy atom. The van der Waals surface area contributed by atoms with Crippen molar-refractivity contribution in [1.82, 2.24) is 25.9 Å². The SMILES string of the molecule is NCCCCC(N)C(=O)NC(Cc1cnc[nH]1)C(=O)NC(CCC(N)=O)C(=O)NC(Cc1ccccc1)C(=O)O. The molecule has 2 aromatic rings. The van der Waals surface area contributed by atoms with E-state index < -0.39 is 53.8 Å². The average molecular weight is 559 g/mol. The molecule has 14 nitrogen and oxygen atoms in total. The molecule has 0 aliphatic rings. The van der Waals surface area contributed by atoms with Crippen molar-refractivity contribution in [2.75, 3.05) is 6.54 Å². The second-order valence-corrected chi connectivity index (χ2v) is 9.39. The third-order valence-electron chi connectivity index (χ3n) is 6.13. The summed E-state index contributed by atoms with van der Waals surface area (Å²) in [4.78, 5) is 69.3. The average Bonchev–Trinajstić information content (AvgIpc) is 3.43. The van der Waals surface area contributed by atoms with Crippen LogP contribution >= 0.6 is 0 Å². The topological polar surface area (TPSA) is 248 Å². The molecule has 2 rings (SSSR count). The molecular weight excluding hydrogens is 520 g/mol. The molecule has 1 aromatic carbocycles. The van der Waals surface area contributed by atoms with E-state index in [4.69, 9.17) is 17.2 Å². The molecule has 0 saturated heterocycles. The van der Waals surface area contributed by atoms with E-state index in [9.17, 15) is 29.1 Å². The number of primary amides is 1. The number of carboxylic acid groups (broad SMARTS) is 1. The van der Waals surface area contributed by atoms with Crippen LogP contribution in [0.15, 0.2) is 42.9 Å². The number of benzene rings is 1. The predicted molar refractivity (Wildman–Crippen MR) is 145 cm³/mol. The van der Waals surface area contributed by atoms with Crippen LogP contribution in [0.25, 0.3) is 0 Å². The summed E-state index contributed by atoms with van der Waals surface area (Å²) in [5, 5.41) is 17.2. The van der Waals surface area contributed by atoms with Gasteiger partial charge < -0.3 is 43.2 Å². The molecule has 0 aliphatic carbocycles. The van der Waals surface area contributed by atoms with E-state index in [-0.39, 0.29) is 25.7 Å². The smallest absolute Gasteiger partial charge is 0.326 e. The zero-order chi connectivity index (χ0) is 29.5. The van der Waals surface area contributed by atoms with E-state index in [1.165, 1.54) is 12.5 Å². The molecule has 0 fully saturated rings. The summed E-state index contributed by atoms with van der Waals surface area (Å²) in [6, 6.07) is 4.05. The number of carbonyl (C=O) groups is 5. The van der Waals surface area contributed by atoms with Gasteiger partial charge in [0.15, 0.2) is 0 Å². The zero-order valence-electron chi connectivity index (χ0n) is 22.2. The van der Waals surface area contributed by atoms with Gasteiger partial charge in [-0.1, -0.05) is 36.8 Å². The van der Waals surface area contributed by atoms with Gasteiger partial charge in [-0.25, -0.2) is 9.78 Å². The Balaban J connectivity index is 2.18. The summed E-state index contributed by atoms with van der Waals surface area (Å²) in [7, 11) is 0. The molecule has 1 heterocycles. The van der Waals surface area contributed by atoms with Crippen LogP contribution in [-0.4, -0.2) is 75.4 Å². The maximum Gasteiger partial charge on any atom is 0.326 e. The van der Waals surface area contributed by atoms with Crippen molar-refractivity contribution in [2.45, 2.75) is 69.1 Å². The Morgan fingerprint density at radius 2 is 1.52 bits per heavy atom. The van der Waals surface area contributed by atoms with E-state index >= 15 is 0 Å². The highest BCUT2D eigenvalue weighted by Crippen LogP contribution is 2.07. The highest BCUT2D eigenvalue weighted by Gasteiger charge is 2.31. The number of rotatable bonds is 18. The number of amides is 4. The van der Waals surface area contributed by atoms with E-state index in [0.29, 0.717) is 37.1 Å². The van der Waals surface area contributed by atoms with Crippen LogP contribution in [0.5, 0.6) is 0 Å². The van der Waals surface area contributed by atoms with Gasteiger partial charge in [0.25, 0.3) is 0 Å². The van der Waals surface area contributed by atoms with Crippen LogP contribution in [0.2, 0.25) is 0 Å². The third kappa shape index (κ3) is 11.2. The van der Waals surface area contributed by atoms with E-state index in [2.05, 4.69) is 25.9 Å². The standard InChI is InChI=1S/C26H38N8O6/c27-11-5-4-8-18(28)23(36)33-20(13-17-14-30-15-31-17)25(38)32-19(9-10-22(29)35)24(37)34-21(26(39)40)12-16-6-2-1-3-7-16/h1-3,6-7,14-15,18-21H,4-5,8-13,27-28H2,(H2,29,35)(H,30,31)(H,32,38)(H,33,36)(H,34,37)(H,39,40). The number of aliphatic carboxylic acids is 1. The molecule has 1 aromatic heterocycles. The lowest BCUT2D eigenvalue weighted by Crippen LogP contribution is -2.58. The fraction of sp³-hybridized carbons (Fsp3) is 0.462. The van der Waals surface area contributed by atoms with Crippen LogP contribution in [0, 0.1) is 0 Å². The van der Waals surface area contributed by atoms with Gasteiger partial charge in [0.05, 0.1) is 12.4 Å². The normalized spacial score (nSPS) is 13.8. The Bertz CT molecular complexity index is 1110. The second kappa shape index (κ2) is 16.6. The number of carboxylic acids is 1. The van der Waals surface area contributed by atoms with E-state index in [1.54, 1.807) is 30.3 Å². The summed E-state index contributed by atoms with van der Waals surface area (Å²) in [6.07, 6.45) is 4.14. The van der Waals surface area contributed by atoms with Gasteiger partial charge in [-0.05, 0) is 31.4 Å². The Kier molecular flexibility index (Phi) is 13.3. The molecule has 0 spiro atoms. The van der Waals surface area contributed by atoms with Crippen LogP contribution in [-0.2, 0) is 36.8 Å². The first-order valence-corrected chi connectivity index (χ1v) is 13.0. The molecule has 4 amide bonds. The molecule has 218 valence electrons. The number of unbranched alkanes of at least 4 members (excludes halogenated alkanes) is 1. The minimum atomic E-state index is -1.31. The number of aromatic amines is 1. The number of aromatic nitrogens is 2. The first-order chi connectivity index (χ1) is 19.1. The number of nitrogens with two attached hydrogens (primary N) is 3. The molecule has 14 heteroatoms. The lowest BCUT2D eigenvalue weighted by molar-refractivity contribution is -0.142. The van der Waals surface area contributed by atoms with Gasteiger partial charge in [0.2, 0.25) is 23.6 Å². The zero-order valence-corrected chi connectivity index (χ0v) is 22.2. The van der Waals surface area contributed by atoms with Crippen LogP contribution in [0.3, 0.4) is 0 Å². The summed E-state index contributed by atoms with van der Waals surface area (Å²) in [5.74, 6) is -4.11. The number of H-pyrrole nitrogens is 1. The lowest BCUT2D eigenvalue weighted by atomic mass is 10.0. The summed E-state index contributed by atoms with van der Waals surface area (Å²) < 4.78 is 0.